The number of fused-ring (bicyclic) bond motifs is 2. The van der Waals surface area contributed by atoms with Gasteiger partial charge in [0.25, 0.3) is 5.91 Å². The number of furan rings is 1. The lowest BCUT2D eigenvalue weighted by Crippen LogP contribution is -2.29. The summed E-state index contributed by atoms with van der Waals surface area (Å²) >= 11 is 3.44. The molecule has 2 aromatic heterocycles. The van der Waals surface area contributed by atoms with Crippen LogP contribution in [0.25, 0.3) is 11.0 Å². The zero-order chi connectivity index (χ0) is 20.1. The fourth-order valence-corrected chi connectivity index (χ4v) is 4.12. The van der Waals surface area contributed by atoms with E-state index in [4.69, 9.17) is 8.83 Å². The Hall–Kier alpha value is -3.12. The fraction of sp³-hybridized carbons (Fsp3) is 0.130. The van der Waals surface area contributed by atoms with E-state index in [1.165, 1.54) is 0 Å². The maximum Gasteiger partial charge on any atom is 0.291 e. The third-order valence-corrected chi connectivity index (χ3v) is 5.74. The lowest BCUT2D eigenvalue weighted by atomic mass is 9.98. The second-order valence-electron chi connectivity index (χ2n) is 7.14. The number of carbonyl (C=O) groups excluding carboxylic acids is 1. The number of amides is 1. The minimum Gasteiger partial charge on any atom is -0.467 e. The van der Waals surface area contributed by atoms with Crippen LogP contribution in [0.2, 0.25) is 0 Å². The van der Waals surface area contributed by atoms with Crippen molar-refractivity contribution in [2.45, 2.75) is 19.5 Å². The molecule has 0 N–H and O–H groups in total. The van der Waals surface area contributed by atoms with Crippen LogP contribution in [0, 0.1) is 6.92 Å². The van der Waals surface area contributed by atoms with Gasteiger partial charge in [-0.2, -0.15) is 0 Å². The minimum absolute atomic E-state index is 0.103. The monoisotopic (exact) mass is 449 g/mol. The molecular formula is C23H16BrNO4. The highest BCUT2D eigenvalue weighted by molar-refractivity contribution is 9.10. The lowest BCUT2D eigenvalue weighted by Gasteiger charge is -2.24. The molecule has 0 aliphatic carbocycles. The molecule has 1 aliphatic heterocycles. The van der Waals surface area contributed by atoms with Gasteiger partial charge in [0, 0.05) is 4.47 Å². The average molecular weight is 450 g/mol. The molecule has 1 atom stereocenters. The smallest absolute Gasteiger partial charge is 0.291 e. The number of hydrogen-bond donors (Lipinski definition) is 0. The maximum atomic E-state index is 13.4. The van der Waals surface area contributed by atoms with Crippen LogP contribution in [0.3, 0.4) is 0 Å². The molecule has 29 heavy (non-hydrogen) atoms. The van der Waals surface area contributed by atoms with Gasteiger partial charge < -0.3 is 13.7 Å². The average Bonchev–Trinajstić information content (AvgIpc) is 3.32. The van der Waals surface area contributed by atoms with Crippen molar-refractivity contribution >= 4 is 32.8 Å². The van der Waals surface area contributed by atoms with Crippen LogP contribution in [0.5, 0.6) is 0 Å². The topological polar surface area (TPSA) is 63.7 Å². The molecule has 0 saturated carbocycles. The van der Waals surface area contributed by atoms with E-state index in [0.29, 0.717) is 22.3 Å². The van der Waals surface area contributed by atoms with Crippen molar-refractivity contribution in [3.63, 3.8) is 0 Å². The van der Waals surface area contributed by atoms with Crippen molar-refractivity contribution < 1.29 is 13.6 Å². The molecule has 0 saturated heterocycles. The first-order valence-electron chi connectivity index (χ1n) is 9.19. The van der Waals surface area contributed by atoms with Crippen LogP contribution < -0.4 is 5.43 Å². The molecule has 5 nitrogen and oxygen atoms in total. The number of rotatable bonds is 3. The lowest BCUT2D eigenvalue weighted by molar-refractivity contribution is 0.0701. The standard InChI is InChI=1S/C23H16BrNO4/c1-13-4-9-18-17(11-13)21(26)19-20(14-5-7-15(24)8-6-14)25(23(27)22(19)29-18)12-16-3-2-10-28-16/h2-11,20H,12H2,1H3/t20-/m0/s1. The summed E-state index contributed by atoms with van der Waals surface area (Å²) in [4.78, 5) is 28.4. The van der Waals surface area contributed by atoms with E-state index in [0.717, 1.165) is 15.6 Å². The second kappa shape index (κ2) is 6.74. The molecule has 4 aromatic rings. The predicted molar refractivity (Wildman–Crippen MR) is 112 cm³/mol. The number of aryl methyl sites for hydroxylation is 1. The molecule has 1 aliphatic rings. The number of benzene rings is 2. The summed E-state index contributed by atoms with van der Waals surface area (Å²) in [7, 11) is 0. The van der Waals surface area contributed by atoms with Crippen LogP contribution in [0.4, 0.5) is 0 Å². The molecule has 2 aromatic carbocycles. The van der Waals surface area contributed by atoms with Gasteiger partial charge in [0.1, 0.15) is 11.3 Å². The Morgan fingerprint density at radius 1 is 1.07 bits per heavy atom. The van der Waals surface area contributed by atoms with Gasteiger partial charge in [0.2, 0.25) is 5.76 Å². The Morgan fingerprint density at radius 2 is 1.86 bits per heavy atom. The van der Waals surface area contributed by atoms with Gasteiger partial charge in [-0.25, -0.2) is 0 Å². The SMILES string of the molecule is Cc1ccc2oc3c(c(=O)c2c1)[C@H](c1ccc(Br)cc1)N(Cc1ccco1)C3=O. The summed E-state index contributed by atoms with van der Waals surface area (Å²) in [5, 5.41) is 0.485. The molecule has 1 amide bonds. The van der Waals surface area contributed by atoms with E-state index >= 15 is 0 Å². The van der Waals surface area contributed by atoms with Crippen molar-refractivity contribution in [2.75, 3.05) is 0 Å². The van der Waals surface area contributed by atoms with Crippen molar-refractivity contribution in [3.05, 3.63) is 104 Å². The quantitative estimate of drug-likeness (QED) is 0.430. The minimum atomic E-state index is -0.545. The highest BCUT2D eigenvalue weighted by atomic mass is 79.9. The van der Waals surface area contributed by atoms with Crippen LogP contribution in [0.1, 0.15) is 39.0 Å². The number of carbonyl (C=O) groups is 1. The van der Waals surface area contributed by atoms with Crippen molar-refractivity contribution in [1.29, 1.82) is 0 Å². The first-order chi connectivity index (χ1) is 14.0. The highest BCUT2D eigenvalue weighted by Gasteiger charge is 2.43. The van der Waals surface area contributed by atoms with E-state index in [9.17, 15) is 9.59 Å². The van der Waals surface area contributed by atoms with Crippen LogP contribution >= 0.6 is 15.9 Å². The Balaban J connectivity index is 1.75. The third kappa shape index (κ3) is 2.91. The molecule has 0 unspecified atom stereocenters. The highest BCUT2D eigenvalue weighted by Crippen LogP contribution is 2.39. The maximum absolute atomic E-state index is 13.4. The zero-order valence-electron chi connectivity index (χ0n) is 15.5. The van der Waals surface area contributed by atoms with E-state index in [1.54, 1.807) is 29.4 Å². The summed E-state index contributed by atoms with van der Waals surface area (Å²) in [6.07, 6.45) is 1.57. The van der Waals surface area contributed by atoms with Gasteiger partial charge in [0.05, 0.1) is 29.8 Å². The molecule has 0 fully saturated rings. The molecule has 0 radical (unpaired) electrons. The third-order valence-electron chi connectivity index (χ3n) is 5.21. The van der Waals surface area contributed by atoms with Crippen molar-refractivity contribution in [3.8, 4) is 0 Å². The zero-order valence-corrected chi connectivity index (χ0v) is 17.1. The number of halogens is 1. The van der Waals surface area contributed by atoms with Crippen LogP contribution in [-0.4, -0.2) is 10.8 Å². The number of nitrogens with zero attached hydrogens (tertiary/aromatic N) is 1. The van der Waals surface area contributed by atoms with Crippen LogP contribution in [-0.2, 0) is 6.54 Å². The fourth-order valence-electron chi connectivity index (χ4n) is 3.86. The Kier molecular flexibility index (Phi) is 4.17. The largest absolute Gasteiger partial charge is 0.467 e. The summed E-state index contributed by atoms with van der Waals surface area (Å²) in [6.45, 7) is 2.16. The first-order valence-corrected chi connectivity index (χ1v) is 9.98. The van der Waals surface area contributed by atoms with Crippen molar-refractivity contribution in [1.82, 2.24) is 4.90 Å². The molecule has 3 heterocycles. The molecule has 0 bridgehead atoms. The Bertz CT molecular complexity index is 1290. The van der Waals surface area contributed by atoms with Gasteiger partial charge in [-0.15, -0.1) is 0 Å². The van der Waals surface area contributed by atoms with Gasteiger partial charge in [0.15, 0.2) is 5.43 Å². The van der Waals surface area contributed by atoms with Gasteiger partial charge in [-0.3, -0.25) is 9.59 Å². The molecule has 5 rings (SSSR count). The van der Waals surface area contributed by atoms with Gasteiger partial charge >= 0.3 is 0 Å². The Labute approximate surface area is 174 Å². The first kappa shape index (κ1) is 17.9. The molecule has 6 heteroatoms. The van der Waals surface area contributed by atoms with Gasteiger partial charge in [-0.05, 0) is 48.9 Å². The molecular weight excluding hydrogens is 434 g/mol. The van der Waals surface area contributed by atoms with Crippen LogP contribution in [0.15, 0.2) is 79.0 Å². The Morgan fingerprint density at radius 3 is 2.59 bits per heavy atom. The summed E-state index contributed by atoms with van der Waals surface area (Å²) in [6, 6.07) is 16.1. The van der Waals surface area contributed by atoms with E-state index in [1.807, 2.05) is 43.3 Å². The summed E-state index contributed by atoms with van der Waals surface area (Å²) in [5.74, 6) is 0.427. The predicted octanol–water partition coefficient (Wildman–Crippen LogP) is 5.20. The summed E-state index contributed by atoms with van der Waals surface area (Å²) < 4.78 is 12.3. The molecule has 0 spiro atoms. The van der Waals surface area contributed by atoms with Crippen molar-refractivity contribution in [2.24, 2.45) is 0 Å². The van der Waals surface area contributed by atoms with E-state index in [2.05, 4.69) is 15.9 Å². The molecule has 144 valence electrons. The normalized spacial score (nSPS) is 15.9. The summed E-state index contributed by atoms with van der Waals surface area (Å²) in [5.41, 5.74) is 2.42. The number of hydrogen-bond acceptors (Lipinski definition) is 4. The van der Waals surface area contributed by atoms with E-state index < -0.39 is 6.04 Å². The van der Waals surface area contributed by atoms with E-state index in [-0.39, 0.29) is 23.6 Å². The second-order valence-corrected chi connectivity index (χ2v) is 8.06. The van der Waals surface area contributed by atoms with Gasteiger partial charge in [-0.1, -0.05) is 39.7 Å².